The highest BCUT2D eigenvalue weighted by Gasteiger charge is 2.09. The molecule has 7 heteroatoms. The lowest BCUT2D eigenvalue weighted by Gasteiger charge is -2.11. The van der Waals surface area contributed by atoms with Gasteiger partial charge in [-0.05, 0) is 44.2 Å². The van der Waals surface area contributed by atoms with Crippen molar-refractivity contribution in [3.05, 3.63) is 52.5 Å². The summed E-state index contributed by atoms with van der Waals surface area (Å²) in [5.74, 6) is 1.71. The van der Waals surface area contributed by atoms with Crippen LogP contribution in [0.5, 0.6) is 0 Å². The number of para-hydroxylation sites is 1. The fourth-order valence-electron chi connectivity index (χ4n) is 3.48. The SMILES string of the molecule is CCc1cccc2c(CCNC(=NC)NCCc3c(C)noc3C)c[nH]c12.I. The number of halogens is 1. The summed E-state index contributed by atoms with van der Waals surface area (Å²) in [4.78, 5) is 7.74. The molecule has 0 radical (unpaired) electrons. The van der Waals surface area contributed by atoms with E-state index >= 15 is 0 Å². The van der Waals surface area contributed by atoms with Crippen molar-refractivity contribution in [2.24, 2.45) is 4.99 Å². The van der Waals surface area contributed by atoms with Crippen molar-refractivity contribution in [2.45, 2.75) is 40.0 Å². The van der Waals surface area contributed by atoms with Crippen molar-refractivity contribution in [3.8, 4) is 0 Å². The van der Waals surface area contributed by atoms with E-state index in [0.29, 0.717) is 0 Å². The number of aromatic nitrogens is 2. The molecule has 28 heavy (non-hydrogen) atoms. The molecule has 3 N–H and O–H groups in total. The van der Waals surface area contributed by atoms with Gasteiger partial charge in [0.15, 0.2) is 5.96 Å². The molecule has 0 bridgehead atoms. The van der Waals surface area contributed by atoms with Crippen LogP contribution in [0.4, 0.5) is 0 Å². The van der Waals surface area contributed by atoms with Gasteiger partial charge in [-0.15, -0.1) is 24.0 Å². The molecule has 1 aromatic carbocycles. The van der Waals surface area contributed by atoms with Crippen LogP contribution in [-0.4, -0.2) is 36.2 Å². The average Bonchev–Trinajstić information content (AvgIpc) is 3.24. The minimum absolute atomic E-state index is 0. The molecule has 0 saturated heterocycles. The Kier molecular flexibility index (Phi) is 8.35. The van der Waals surface area contributed by atoms with Gasteiger partial charge in [-0.25, -0.2) is 0 Å². The molecule has 0 aliphatic rings. The maximum atomic E-state index is 5.21. The number of aromatic amines is 1. The first-order chi connectivity index (χ1) is 13.1. The van der Waals surface area contributed by atoms with Gasteiger partial charge in [-0.2, -0.15) is 0 Å². The van der Waals surface area contributed by atoms with E-state index in [2.05, 4.69) is 57.1 Å². The molecular weight excluding hydrogens is 465 g/mol. The predicted molar refractivity (Wildman–Crippen MR) is 126 cm³/mol. The fourth-order valence-corrected chi connectivity index (χ4v) is 3.48. The van der Waals surface area contributed by atoms with Crippen molar-refractivity contribution >= 4 is 40.8 Å². The van der Waals surface area contributed by atoms with E-state index in [9.17, 15) is 0 Å². The van der Waals surface area contributed by atoms with Crippen molar-refractivity contribution in [1.82, 2.24) is 20.8 Å². The number of H-pyrrole nitrogens is 1. The number of nitrogens with one attached hydrogen (secondary N) is 3. The van der Waals surface area contributed by atoms with Gasteiger partial charge in [0.1, 0.15) is 5.76 Å². The summed E-state index contributed by atoms with van der Waals surface area (Å²) in [6.45, 7) is 7.73. The van der Waals surface area contributed by atoms with E-state index in [1.165, 1.54) is 27.6 Å². The third-order valence-electron chi connectivity index (χ3n) is 5.03. The molecule has 152 valence electrons. The van der Waals surface area contributed by atoms with Crippen LogP contribution in [0.25, 0.3) is 10.9 Å². The van der Waals surface area contributed by atoms with Crippen LogP contribution in [-0.2, 0) is 19.3 Å². The number of rotatable bonds is 7. The molecule has 3 aromatic rings. The predicted octanol–water partition coefficient (Wildman–Crippen LogP) is 3.90. The average molecular weight is 495 g/mol. The molecule has 2 aromatic heterocycles. The van der Waals surface area contributed by atoms with Crippen LogP contribution < -0.4 is 10.6 Å². The summed E-state index contributed by atoms with van der Waals surface area (Å²) < 4.78 is 5.21. The minimum atomic E-state index is 0. The summed E-state index contributed by atoms with van der Waals surface area (Å²) >= 11 is 0. The van der Waals surface area contributed by atoms with Gasteiger partial charge in [0, 0.05) is 42.8 Å². The minimum Gasteiger partial charge on any atom is -0.361 e. The molecule has 0 atom stereocenters. The largest absolute Gasteiger partial charge is 0.361 e. The Bertz CT molecular complexity index is 909. The van der Waals surface area contributed by atoms with Crippen molar-refractivity contribution in [2.75, 3.05) is 20.1 Å². The number of nitrogens with zero attached hydrogens (tertiary/aromatic N) is 2. The summed E-state index contributed by atoms with van der Waals surface area (Å²) in [5.41, 5.74) is 6.09. The Balaban J connectivity index is 0.00000280. The highest BCUT2D eigenvalue weighted by Crippen LogP contribution is 2.22. The van der Waals surface area contributed by atoms with Crippen LogP contribution in [0.3, 0.4) is 0 Å². The van der Waals surface area contributed by atoms with Crippen LogP contribution in [0.2, 0.25) is 0 Å². The number of hydrogen-bond acceptors (Lipinski definition) is 3. The summed E-state index contributed by atoms with van der Waals surface area (Å²) in [6, 6.07) is 6.52. The van der Waals surface area contributed by atoms with E-state index in [0.717, 1.165) is 49.8 Å². The lowest BCUT2D eigenvalue weighted by molar-refractivity contribution is 0.392. The Morgan fingerprint density at radius 3 is 2.54 bits per heavy atom. The molecule has 0 aliphatic heterocycles. The number of benzene rings is 1. The van der Waals surface area contributed by atoms with Gasteiger partial charge in [-0.1, -0.05) is 30.3 Å². The zero-order valence-corrected chi connectivity index (χ0v) is 19.4. The van der Waals surface area contributed by atoms with Crippen molar-refractivity contribution < 1.29 is 4.52 Å². The lowest BCUT2D eigenvalue weighted by Crippen LogP contribution is -2.39. The second-order valence-corrected chi connectivity index (χ2v) is 6.74. The molecule has 2 heterocycles. The Morgan fingerprint density at radius 1 is 1.14 bits per heavy atom. The lowest BCUT2D eigenvalue weighted by atomic mass is 10.1. The van der Waals surface area contributed by atoms with E-state index in [-0.39, 0.29) is 24.0 Å². The van der Waals surface area contributed by atoms with Gasteiger partial charge in [0.2, 0.25) is 0 Å². The highest BCUT2D eigenvalue weighted by atomic mass is 127. The summed E-state index contributed by atoms with van der Waals surface area (Å²) in [5, 5.41) is 12.1. The summed E-state index contributed by atoms with van der Waals surface area (Å²) in [7, 11) is 1.80. The van der Waals surface area contributed by atoms with Gasteiger partial charge in [0.25, 0.3) is 0 Å². The molecule has 0 unspecified atom stereocenters. The second kappa shape index (κ2) is 10.5. The van der Waals surface area contributed by atoms with Crippen LogP contribution in [0.1, 0.15) is 35.1 Å². The Morgan fingerprint density at radius 2 is 1.89 bits per heavy atom. The third-order valence-corrected chi connectivity index (χ3v) is 5.03. The topological polar surface area (TPSA) is 78.2 Å². The molecule has 0 aliphatic carbocycles. The smallest absolute Gasteiger partial charge is 0.190 e. The Labute approximate surface area is 183 Å². The third kappa shape index (κ3) is 5.06. The summed E-state index contributed by atoms with van der Waals surface area (Å²) in [6.07, 6.45) is 4.97. The standard InChI is InChI=1S/C21H29N5O.HI/c1-5-16-7-6-8-19-17(13-25-20(16)19)9-11-23-21(22-4)24-12-10-18-14(2)26-27-15(18)3;/h6-8,13,25H,5,9-12H2,1-4H3,(H2,22,23,24);1H. The van der Waals surface area contributed by atoms with Crippen LogP contribution in [0, 0.1) is 13.8 Å². The number of aryl methyl sites for hydroxylation is 3. The van der Waals surface area contributed by atoms with Gasteiger partial charge in [-0.3, -0.25) is 4.99 Å². The zero-order chi connectivity index (χ0) is 19.2. The molecule has 0 saturated carbocycles. The zero-order valence-electron chi connectivity index (χ0n) is 17.1. The van der Waals surface area contributed by atoms with Crippen LogP contribution in [0.15, 0.2) is 33.9 Å². The van der Waals surface area contributed by atoms with Crippen LogP contribution >= 0.6 is 24.0 Å². The molecular formula is C21H30IN5O. The molecule has 0 fully saturated rings. The molecule has 6 nitrogen and oxygen atoms in total. The number of fused-ring (bicyclic) bond motifs is 1. The highest BCUT2D eigenvalue weighted by molar-refractivity contribution is 14.0. The monoisotopic (exact) mass is 495 g/mol. The van der Waals surface area contributed by atoms with E-state index < -0.39 is 0 Å². The number of aliphatic imine (C=N–C) groups is 1. The molecule has 0 amide bonds. The van der Waals surface area contributed by atoms with Gasteiger partial charge in [0.05, 0.1) is 5.69 Å². The first kappa shape index (κ1) is 22.3. The first-order valence-electron chi connectivity index (χ1n) is 9.58. The Hall–Kier alpha value is -2.03. The second-order valence-electron chi connectivity index (χ2n) is 6.74. The van der Waals surface area contributed by atoms with Crippen molar-refractivity contribution in [1.29, 1.82) is 0 Å². The first-order valence-corrected chi connectivity index (χ1v) is 9.58. The number of guanidine groups is 1. The van der Waals surface area contributed by atoms with E-state index in [1.807, 2.05) is 13.8 Å². The maximum absolute atomic E-state index is 5.21. The molecule has 0 spiro atoms. The normalized spacial score (nSPS) is 11.5. The fraction of sp³-hybridized carbons (Fsp3) is 0.429. The molecule has 3 rings (SSSR count). The van der Waals surface area contributed by atoms with Crippen molar-refractivity contribution in [3.63, 3.8) is 0 Å². The quantitative estimate of drug-likeness (QED) is 0.264. The van der Waals surface area contributed by atoms with Gasteiger partial charge >= 0.3 is 0 Å². The maximum Gasteiger partial charge on any atom is 0.190 e. The van der Waals surface area contributed by atoms with E-state index in [1.54, 1.807) is 7.05 Å². The van der Waals surface area contributed by atoms with Gasteiger partial charge < -0.3 is 20.1 Å². The van der Waals surface area contributed by atoms with E-state index in [4.69, 9.17) is 4.52 Å². The number of hydrogen-bond donors (Lipinski definition) is 3.